The van der Waals surface area contributed by atoms with Crippen LogP contribution in [0.2, 0.25) is 0 Å². The van der Waals surface area contributed by atoms with Gasteiger partial charge in [-0.1, -0.05) is 102 Å². The summed E-state index contributed by atoms with van der Waals surface area (Å²) in [5.41, 5.74) is 0. The van der Waals surface area contributed by atoms with Crippen LogP contribution in [0.15, 0.2) is 55.6 Å². The van der Waals surface area contributed by atoms with Crippen molar-refractivity contribution in [3.63, 3.8) is 0 Å². The van der Waals surface area contributed by atoms with Crippen LogP contribution >= 0.6 is 0 Å². The second-order valence-corrected chi connectivity index (χ2v) is 6.85. The third-order valence-corrected chi connectivity index (χ3v) is 4.29. The number of rotatable bonds is 15. The van der Waals surface area contributed by atoms with E-state index >= 15 is 0 Å². The molecule has 0 atom stereocenters. The van der Waals surface area contributed by atoms with Crippen molar-refractivity contribution in [3.05, 3.63) is 55.6 Å². The molecular weight excluding hydrogens is 364 g/mol. The SMILES string of the molecule is C=CC(=O)OCCCCCCCCCCCCC.C=CC(=O)Oc1ccccc1. The highest BCUT2D eigenvalue weighted by Crippen LogP contribution is 2.11. The van der Waals surface area contributed by atoms with E-state index in [9.17, 15) is 9.59 Å². The summed E-state index contributed by atoms with van der Waals surface area (Å²) in [5.74, 6) is -0.198. The maximum Gasteiger partial charge on any atom is 0.335 e. The van der Waals surface area contributed by atoms with E-state index in [1.807, 2.05) is 6.07 Å². The van der Waals surface area contributed by atoms with Gasteiger partial charge >= 0.3 is 11.9 Å². The predicted octanol–water partition coefficient (Wildman–Crippen LogP) is 6.80. The summed E-state index contributed by atoms with van der Waals surface area (Å²) in [6.45, 7) is 9.44. The Morgan fingerprint density at radius 2 is 1.24 bits per heavy atom. The minimum atomic E-state index is -0.434. The Hall–Kier alpha value is -2.36. The standard InChI is InChI=1S/C16H30O2.C9H8O2/c1-3-5-6-7-8-9-10-11-12-13-14-15-18-16(17)4-2;1-2-9(10)11-8-6-4-3-5-7-8/h4H,2-3,5-15H2,1H3;2-7H,1H2. The van der Waals surface area contributed by atoms with Crippen LogP contribution in [-0.2, 0) is 14.3 Å². The van der Waals surface area contributed by atoms with Gasteiger partial charge in [-0.25, -0.2) is 9.59 Å². The maximum atomic E-state index is 10.8. The average molecular weight is 403 g/mol. The third-order valence-electron chi connectivity index (χ3n) is 4.29. The van der Waals surface area contributed by atoms with Gasteiger partial charge in [-0.05, 0) is 18.6 Å². The quantitative estimate of drug-likeness (QED) is 0.140. The molecule has 0 aliphatic rings. The van der Waals surface area contributed by atoms with Gasteiger partial charge in [-0.2, -0.15) is 0 Å². The van der Waals surface area contributed by atoms with Gasteiger partial charge in [-0.3, -0.25) is 0 Å². The fourth-order valence-corrected chi connectivity index (χ4v) is 2.64. The maximum absolute atomic E-state index is 10.8. The first kappa shape index (κ1) is 26.6. The van der Waals surface area contributed by atoms with Crippen LogP contribution in [0.1, 0.15) is 77.6 Å². The molecule has 0 fully saturated rings. The molecule has 0 heterocycles. The Morgan fingerprint density at radius 1 is 0.759 bits per heavy atom. The molecule has 29 heavy (non-hydrogen) atoms. The number of esters is 2. The number of ether oxygens (including phenoxy) is 2. The molecule has 0 aliphatic heterocycles. The monoisotopic (exact) mass is 402 g/mol. The molecule has 0 unspecified atom stereocenters. The molecule has 0 bridgehead atoms. The number of unbranched alkanes of at least 4 members (excludes halogenated alkanes) is 10. The van der Waals surface area contributed by atoms with Crippen LogP contribution in [0.4, 0.5) is 0 Å². The van der Waals surface area contributed by atoms with Crippen LogP contribution in [0, 0.1) is 0 Å². The smallest absolute Gasteiger partial charge is 0.335 e. The number of carbonyl (C=O) groups is 2. The van der Waals surface area contributed by atoms with Gasteiger partial charge < -0.3 is 9.47 Å². The lowest BCUT2D eigenvalue weighted by Gasteiger charge is -2.03. The zero-order valence-electron chi connectivity index (χ0n) is 18.1. The van der Waals surface area contributed by atoms with E-state index in [1.54, 1.807) is 24.3 Å². The molecule has 0 N–H and O–H groups in total. The number of hydrogen-bond donors (Lipinski definition) is 0. The summed E-state index contributed by atoms with van der Waals surface area (Å²) in [5, 5.41) is 0. The van der Waals surface area contributed by atoms with E-state index in [-0.39, 0.29) is 5.97 Å². The molecular formula is C25H38O4. The Morgan fingerprint density at radius 3 is 1.72 bits per heavy atom. The van der Waals surface area contributed by atoms with Crippen molar-refractivity contribution in [1.29, 1.82) is 0 Å². The van der Waals surface area contributed by atoms with Crippen LogP contribution < -0.4 is 4.74 Å². The van der Waals surface area contributed by atoms with Crippen LogP contribution in [0.5, 0.6) is 5.75 Å². The lowest BCUT2D eigenvalue weighted by molar-refractivity contribution is -0.137. The summed E-state index contributed by atoms with van der Waals surface area (Å²) in [7, 11) is 0. The molecule has 4 nitrogen and oxygen atoms in total. The van der Waals surface area contributed by atoms with Crippen LogP contribution in [-0.4, -0.2) is 18.5 Å². The largest absolute Gasteiger partial charge is 0.463 e. The molecule has 1 aromatic rings. The summed E-state index contributed by atoms with van der Waals surface area (Å²) in [6, 6.07) is 8.87. The fourth-order valence-electron chi connectivity index (χ4n) is 2.64. The molecule has 162 valence electrons. The van der Waals surface area contributed by atoms with E-state index in [0.29, 0.717) is 12.4 Å². The van der Waals surface area contributed by atoms with E-state index in [1.165, 1.54) is 70.3 Å². The Balaban J connectivity index is 0.000000604. The Labute approximate surface area is 177 Å². The second-order valence-electron chi connectivity index (χ2n) is 6.85. The van der Waals surface area contributed by atoms with Gasteiger partial charge in [0.05, 0.1) is 6.61 Å². The first-order valence-corrected chi connectivity index (χ1v) is 10.8. The van der Waals surface area contributed by atoms with E-state index in [4.69, 9.17) is 9.47 Å². The molecule has 4 heteroatoms. The topological polar surface area (TPSA) is 52.6 Å². The van der Waals surface area contributed by atoms with Crippen molar-refractivity contribution in [1.82, 2.24) is 0 Å². The zero-order valence-corrected chi connectivity index (χ0v) is 18.1. The van der Waals surface area contributed by atoms with Gasteiger partial charge in [-0.15, -0.1) is 0 Å². The van der Waals surface area contributed by atoms with Crippen molar-refractivity contribution < 1.29 is 19.1 Å². The number of para-hydroxylation sites is 1. The molecule has 0 aliphatic carbocycles. The second kappa shape index (κ2) is 20.4. The van der Waals surface area contributed by atoms with E-state index in [0.717, 1.165) is 12.5 Å². The zero-order chi connectivity index (χ0) is 21.6. The molecule has 0 amide bonds. The minimum Gasteiger partial charge on any atom is -0.463 e. The number of benzene rings is 1. The van der Waals surface area contributed by atoms with Crippen molar-refractivity contribution in [3.8, 4) is 5.75 Å². The minimum absolute atomic E-state index is 0.304. The summed E-state index contributed by atoms with van der Waals surface area (Å²) in [6.07, 6.45) is 16.8. The number of carbonyl (C=O) groups excluding carboxylic acids is 2. The normalized spacial score (nSPS) is 9.69. The van der Waals surface area contributed by atoms with E-state index < -0.39 is 5.97 Å². The van der Waals surface area contributed by atoms with Crippen LogP contribution in [0.25, 0.3) is 0 Å². The van der Waals surface area contributed by atoms with Gasteiger partial charge in [0.2, 0.25) is 0 Å². The highest BCUT2D eigenvalue weighted by atomic mass is 16.5. The number of hydrogen-bond acceptors (Lipinski definition) is 4. The summed E-state index contributed by atoms with van der Waals surface area (Å²) in [4.78, 5) is 21.4. The van der Waals surface area contributed by atoms with Crippen LogP contribution in [0.3, 0.4) is 0 Å². The van der Waals surface area contributed by atoms with Gasteiger partial charge in [0.15, 0.2) is 0 Å². The van der Waals surface area contributed by atoms with Crippen molar-refractivity contribution in [2.24, 2.45) is 0 Å². The van der Waals surface area contributed by atoms with Gasteiger partial charge in [0.25, 0.3) is 0 Å². The first-order chi connectivity index (χ1) is 14.1. The molecule has 1 aromatic carbocycles. The average Bonchev–Trinajstić information content (AvgIpc) is 2.75. The molecule has 1 rings (SSSR count). The molecule has 0 aromatic heterocycles. The predicted molar refractivity (Wildman–Crippen MR) is 120 cm³/mol. The molecule has 0 spiro atoms. The molecule has 0 saturated heterocycles. The fraction of sp³-hybridized carbons (Fsp3) is 0.520. The molecule has 0 radical (unpaired) electrons. The van der Waals surface area contributed by atoms with Crippen molar-refractivity contribution in [2.45, 2.75) is 77.6 Å². The van der Waals surface area contributed by atoms with Gasteiger partial charge in [0.1, 0.15) is 5.75 Å². The Kier molecular flexibility index (Phi) is 18.7. The van der Waals surface area contributed by atoms with Crippen molar-refractivity contribution in [2.75, 3.05) is 6.61 Å². The summed E-state index contributed by atoms with van der Waals surface area (Å²) < 4.78 is 9.72. The van der Waals surface area contributed by atoms with Crippen molar-refractivity contribution >= 4 is 11.9 Å². The highest BCUT2D eigenvalue weighted by Gasteiger charge is 1.96. The molecule has 0 saturated carbocycles. The Bertz CT molecular complexity index is 551. The third kappa shape index (κ3) is 18.8. The first-order valence-electron chi connectivity index (χ1n) is 10.8. The van der Waals surface area contributed by atoms with E-state index in [2.05, 4.69) is 20.1 Å². The highest BCUT2D eigenvalue weighted by molar-refractivity contribution is 5.83. The lowest BCUT2D eigenvalue weighted by atomic mass is 10.1. The van der Waals surface area contributed by atoms with Gasteiger partial charge in [0, 0.05) is 12.2 Å². The lowest BCUT2D eigenvalue weighted by Crippen LogP contribution is -2.02. The summed E-state index contributed by atoms with van der Waals surface area (Å²) >= 11 is 0.